The lowest BCUT2D eigenvalue weighted by molar-refractivity contribution is -0.132. The van der Waals surface area contributed by atoms with E-state index in [9.17, 15) is 4.79 Å². The minimum absolute atomic E-state index is 0.398. The van der Waals surface area contributed by atoms with Crippen molar-refractivity contribution >= 4 is 17.5 Å². The third kappa shape index (κ3) is 2.00. The molecule has 0 bridgehead atoms. The highest BCUT2D eigenvalue weighted by atomic mass is 35.5. The Morgan fingerprint density at radius 3 is 2.50 bits per heavy atom. The van der Waals surface area contributed by atoms with Crippen LogP contribution in [0.5, 0.6) is 5.75 Å². The Labute approximate surface area is 99.5 Å². The van der Waals surface area contributed by atoms with Crippen LogP contribution < -0.4 is 10.5 Å². The Morgan fingerprint density at radius 1 is 1.31 bits per heavy atom. The molecule has 0 unspecified atom stereocenters. The van der Waals surface area contributed by atoms with E-state index in [-0.39, 0.29) is 0 Å². The summed E-state index contributed by atoms with van der Waals surface area (Å²) in [5.41, 5.74) is 4.57. The van der Waals surface area contributed by atoms with Gasteiger partial charge in [0.2, 0.25) is 0 Å². The Morgan fingerprint density at radius 2 is 1.94 bits per heavy atom. The molecule has 86 valence electrons. The average Bonchev–Trinajstić information content (AvgIpc) is 2.71. The van der Waals surface area contributed by atoms with E-state index in [2.05, 4.69) is 0 Å². The molecule has 0 aromatic heterocycles. The van der Waals surface area contributed by atoms with E-state index in [1.165, 1.54) is 0 Å². The summed E-state index contributed by atoms with van der Waals surface area (Å²) in [6.07, 6.45) is 3.28. The molecule has 0 radical (unpaired) electrons. The highest BCUT2D eigenvalue weighted by Crippen LogP contribution is 2.36. The maximum Gasteiger partial charge on any atom is 0.261 e. The van der Waals surface area contributed by atoms with Crippen molar-refractivity contribution in [2.45, 2.75) is 31.3 Å². The lowest BCUT2D eigenvalue weighted by Crippen LogP contribution is -2.46. The molecule has 0 saturated heterocycles. The fraction of sp³-hybridized carbons (Fsp3) is 0.417. The van der Waals surface area contributed by atoms with Gasteiger partial charge in [0.1, 0.15) is 5.75 Å². The molecule has 2 rings (SSSR count). The summed E-state index contributed by atoms with van der Waals surface area (Å²) in [6.45, 7) is 0. The maximum absolute atomic E-state index is 11.5. The summed E-state index contributed by atoms with van der Waals surface area (Å²) in [7, 11) is 0. The van der Waals surface area contributed by atoms with E-state index >= 15 is 0 Å². The van der Waals surface area contributed by atoms with Gasteiger partial charge in [0.25, 0.3) is 5.91 Å². The molecular formula is C12H14ClNO2. The van der Waals surface area contributed by atoms with Crippen LogP contribution in [0.3, 0.4) is 0 Å². The molecule has 1 aromatic carbocycles. The zero-order valence-corrected chi connectivity index (χ0v) is 9.67. The number of rotatable bonds is 3. The molecule has 1 fully saturated rings. The SMILES string of the molecule is NC(=O)C1(Oc2ccccc2Cl)CCCC1. The summed E-state index contributed by atoms with van der Waals surface area (Å²) >= 11 is 5.99. The van der Waals surface area contributed by atoms with Gasteiger partial charge in [-0.05, 0) is 37.8 Å². The first-order chi connectivity index (χ1) is 7.64. The van der Waals surface area contributed by atoms with Crippen LogP contribution in [0.25, 0.3) is 0 Å². The van der Waals surface area contributed by atoms with Crippen molar-refractivity contribution in [3.05, 3.63) is 29.3 Å². The Balaban J connectivity index is 2.25. The molecule has 1 amide bonds. The largest absolute Gasteiger partial charge is 0.476 e. The number of benzene rings is 1. The molecule has 3 nitrogen and oxygen atoms in total. The van der Waals surface area contributed by atoms with Crippen molar-refractivity contribution in [1.29, 1.82) is 0 Å². The highest BCUT2D eigenvalue weighted by Gasteiger charge is 2.42. The highest BCUT2D eigenvalue weighted by molar-refractivity contribution is 6.32. The predicted molar refractivity (Wildman–Crippen MR) is 62.5 cm³/mol. The van der Waals surface area contributed by atoms with Gasteiger partial charge >= 0.3 is 0 Å². The minimum atomic E-state index is -0.856. The first kappa shape index (κ1) is 11.3. The van der Waals surface area contributed by atoms with E-state index in [1.54, 1.807) is 12.1 Å². The monoisotopic (exact) mass is 239 g/mol. The Hall–Kier alpha value is -1.22. The summed E-state index contributed by atoms with van der Waals surface area (Å²) in [6, 6.07) is 7.14. The van der Waals surface area contributed by atoms with Gasteiger partial charge in [-0.15, -0.1) is 0 Å². The second kappa shape index (κ2) is 4.34. The molecular weight excluding hydrogens is 226 g/mol. The quantitative estimate of drug-likeness (QED) is 0.881. The Bertz CT molecular complexity index is 400. The van der Waals surface area contributed by atoms with Crippen LogP contribution in [0.4, 0.5) is 0 Å². The van der Waals surface area contributed by atoms with Gasteiger partial charge in [0.15, 0.2) is 5.60 Å². The molecule has 1 saturated carbocycles. The molecule has 0 heterocycles. The van der Waals surface area contributed by atoms with Crippen molar-refractivity contribution in [3.8, 4) is 5.75 Å². The van der Waals surface area contributed by atoms with Crippen LogP contribution in [0.1, 0.15) is 25.7 Å². The van der Waals surface area contributed by atoms with Crippen molar-refractivity contribution in [2.75, 3.05) is 0 Å². The normalized spacial score (nSPS) is 18.3. The van der Waals surface area contributed by atoms with Crippen LogP contribution in [0.15, 0.2) is 24.3 Å². The van der Waals surface area contributed by atoms with E-state index in [0.29, 0.717) is 23.6 Å². The van der Waals surface area contributed by atoms with Gasteiger partial charge in [-0.25, -0.2) is 0 Å². The number of nitrogens with two attached hydrogens (primary N) is 1. The number of amides is 1. The molecule has 0 spiro atoms. The van der Waals surface area contributed by atoms with Gasteiger partial charge in [0.05, 0.1) is 5.02 Å². The number of halogens is 1. The lowest BCUT2D eigenvalue weighted by Gasteiger charge is -2.27. The fourth-order valence-electron chi connectivity index (χ4n) is 2.08. The minimum Gasteiger partial charge on any atom is -0.476 e. The predicted octanol–water partition coefficient (Wildman–Crippen LogP) is 2.52. The first-order valence-electron chi connectivity index (χ1n) is 5.37. The second-order valence-electron chi connectivity index (χ2n) is 4.10. The molecule has 0 atom stereocenters. The van der Waals surface area contributed by atoms with Crippen molar-refractivity contribution < 1.29 is 9.53 Å². The fourth-order valence-corrected chi connectivity index (χ4v) is 2.26. The van der Waals surface area contributed by atoms with Crippen LogP contribution in [0, 0.1) is 0 Å². The zero-order valence-electron chi connectivity index (χ0n) is 8.91. The van der Waals surface area contributed by atoms with Crippen LogP contribution in [-0.4, -0.2) is 11.5 Å². The number of para-hydroxylation sites is 1. The smallest absolute Gasteiger partial charge is 0.261 e. The molecule has 2 N–H and O–H groups in total. The maximum atomic E-state index is 11.5. The van der Waals surface area contributed by atoms with Gasteiger partial charge in [0, 0.05) is 0 Å². The number of carbonyl (C=O) groups excluding carboxylic acids is 1. The van der Waals surface area contributed by atoms with Gasteiger partial charge in [-0.1, -0.05) is 23.7 Å². The molecule has 1 aliphatic carbocycles. The van der Waals surface area contributed by atoms with E-state index in [4.69, 9.17) is 22.1 Å². The second-order valence-corrected chi connectivity index (χ2v) is 4.51. The topological polar surface area (TPSA) is 52.3 Å². The average molecular weight is 240 g/mol. The van der Waals surface area contributed by atoms with Gasteiger partial charge in [-0.3, -0.25) is 4.79 Å². The van der Waals surface area contributed by atoms with E-state index in [0.717, 1.165) is 12.8 Å². The standard InChI is InChI=1S/C12H14ClNO2/c13-9-5-1-2-6-10(9)16-12(11(14)15)7-3-4-8-12/h1-2,5-6H,3-4,7-8H2,(H2,14,15). The first-order valence-corrected chi connectivity index (χ1v) is 5.75. The molecule has 1 aliphatic rings. The van der Waals surface area contributed by atoms with E-state index < -0.39 is 11.5 Å². The van der Waals surface area contributed by atoms with E-state index in [1.807, 2.05) is 12.1 Å². The van der Waals surface area contributed by atoms with Crippen LogP contribution in [0.2, 0.25) is 5.02 Å². The van der Waals surface area contributed by atoms with Crippen LogP contribution in [-0.2, 0) is 4.79 Å². The summed E-state index contributed by atoms with van der Waals surface area (Å²) in [4.78, 5) is 11.5. The van der Waals surface area contributed by atoms with Crippen molar-refractivity contribution in [3.63, 3.8) is 0 Å². The number of carbonyl (C=O) groups is 1. The van der Waals surface area contributed by atoms with Crippen molar-refractivity contribution in [1.82, 2.24) is 0 Å². The lowest BCUT2D eigenvalue weighted by atomic mass is 10.0. The number of ether oxygens (including phenoxy) is 1. The number of primary amides is 1. The van der Waals surface area contributed by atoms with Crippen molar-refractivity contribution in [2.24, 2.45) is 5.73 Å². The molecule has 1 aromatic rings. The van der Waals surface area contributed by atoms with Gasteiger partial charge in [-0.2, -0.15) is 0 Å². The van der Waals surface area contributed by atoms with Crippen LogP contribution >= 0.6 is 11.6 Å². The third-order valence-corrected chi connectivity index (χ3v) is 3.31. The zero-order chi connectivity index (χ0) is 11.6. The third-order valence-electron chi connectivity index (χ3n) is 3.00. The molecule has 0 aliphatic heterocycles. The molecule has 4 heteroatoms. The number of hydrogen-bond acceptors (Lipinski definition) is 2. The van der Waals surface area contributed by atoms with Gasteiger partial charge < -0.3 is 10.5 Å². The summed E-state index contributed by atoms with van der Waals surface area (Å²) in [5, 5.41) is 0.509. The molecule has 16 heavy (non-hydrogen) atoms. The number of hydrogen-bond donors (Lipinski definition) is 1. The summed E-state index contributed by atoms with van der Waals surface area (Å²) < 4.78 is 5.75. The summed E-state index contributed by atoms with van der Waals surface area (Å²) in [5.74, 6) is 0.134. The Kier molecular flexibility index (Phi) is 3.06.